The van der Waals surface area contributed by atoms with Crippen molar-refractivity contribution >= 4 is 17.2 Å². The Labute approximate surface area is 154 Å². The fourth-order valence-electron chi connectivity index (χ4n) is 3.52. The van der Waals surface area contributed by atoms with Crippen molar-refractivity contribution in [1.82, 2.24) is 5.32 Å². The lowest BCUT2D eigenvalue weighted by Crippen LogP contribution is -2.31. The Bertz CT molecular complexity index is 866. The van der Waals surface area contributed by atoms with E-state index in [1.54, 1.807) is 6.07 Å². The van der Waals surface area contributed by atoms with Gasteiger partial charge in [-0.25, -0.2) is 4.39 Å². The Morgan fingerprint density at radius 3 is 2.46 bits per heavy atom. The van der Waals surface area contributed by atoms with E-state index in [9.17, 15) is 9.18 Å². The van der Waals surface area contributed by atoms with Gasteiger partial charge in [0.25, 0.3) is 0 Å². The van der Waals surface area contributed by atoms with Crippen LogP contribution in [0.25, 0.3) is 16.7 Å². The number of allylic oxidation sites excluding steroid dienone is 1. The standard InChI is InChI=1S/C22H25FN2O/c1-14(19-6-5-11-24-22(19)26)20-12-17(23)13-21(15(20)2)16-7-9-18(10-8-16)25(3)4/h7-10,12-13H,5-6,11H2,1-4H3,(H,24,26)/b19-14+. The van der Waals surface area contributed by atoms with Crippen LogP contribution in [-0.4, -0.2) is 26.5 Å². The van der Waals surface area contributed by atoms with Gasteiger partial charge in [0.1, 0.15) is 5.82 Å². The van der Waals surface area contributed by atoms with Crippen LogP contribution in [-0.2, 0) is 4.79 Å². The molecule has 1 aliphatic heterocycles. The zero-order valence-electron chi connectivity index (χ0n) is 15.8. The van der Waals surface area contributed by atoms with Crippen LogP contribution in [0.5, 0.6) is 0 Å². The van der Waals surface area contributed by atoms with Gasteiger partial charge in [-0.2, -0.15) is 0 Å². The molecule has 0 spiro atoms. The Balaban J connectivity index is 2.09. The highest BCUT2D eigenvalue weighted by atomic mass is 19.1. The minimum absolute atomic E-state index is 0.0331. The quantitative estimate of drug-likeness (QED) is 0.822. The Kier molecular flexibility index (Phi) is 5.12. The lowest BCUT2D eigenvalue weighted by molar-refractivity contribution is -0.118. The van der Waals surface area contributed by atoms with Crippen molar-refractivity contribution in [1.29, 1.82) is 0 Å². The number of benzene rings is 2. The van der Waals surface area contributed by atoms with Crippen LogP contribution in [0.4, 0.5) is 10.1 Å². The molecule has 1 N–H and O–H groups in total. The summed E-state index contributed by atoms with van der Waals surface area (Å²) in [7, 11) is 3.98. The monoisotopic (exact) mass is 352 g/mol. The summed E-state index contributed by atoms with van der Waals surface area (Å²) in [5.41, 5.74) is 6.36. The van der Waals surface area contributed by atoms with Crippen molar-refractivity contribution in [3.8, 4) is 11.1 Å². The number of nitrogens with one attached hydrogen (secondary N) is 1. The van der Waals surface area contributed by atoms with Crippen LogP contribution in [0.1, 0.15) is 30.9 Å². The molecule has 0 radical (unpaired) electrons. The number of hydrogen-bond acceptors (Lipinski definition) is 2. The van der Waals surface area contributed by atoms with Crippen LogP contribution < -0.4 is 10.2 Å². The number of hydrogen-bond donors (Lipinski definition) is 1. The molecule has 0 unspecified atom stereocenters. The predicted octanol–water partition coefficient (Wildman–Crippen LogP) is 4.55. The molecule has 0 aliphatic carbocycles. The minimum Gasteiger partial charge on any atom is -0.378 e. The van der Waals surface area contributed by atoms with Gasteiger partial charge in [0.15, 0.2) is 0 Å². The molecule has 0 atom stereocenters. The molecule has 26 heavy (non-hydrogen) atoms. The maximum Gasteiger partial charge on any atom is 0.247 e. The summed E-state index contributed by atoms with van der Waals surface area (Å²) in [6, 6.07) is 11.2. The molecular weight excluding hydrogens is 327 g/mol. The van der Waals surface area contributed by atoms with Gasteiger partial charge >= 0.3 is 0 Å². The first-order valence-electron chi connectivity index (χ1n) is 8.94. The number of halogens is 1. The largest absolute Gasteiger partial charge is 0.378 e. The van der Waals surface area contributed by atoms with Gasteiger partial charge < -0.3 is 10.2 Å². The van der Waals surface area contributed by atoms with Crippen molar-refractivity contribution in [3.63, 3.8) is 0 Å². The maximum atomic E-state index is 14.4. The van der Waals surface area contributed by atoms with E-state index in [1.165, 1.54) is 6.07 Å². The Hall–Kier alpha value is -2.62. The molecule has 0 saturated carbocycles. The number of amides is 1. The summed E-state index contributed by atoms with van der Waals surface area (Å²) in [6.45, 7) is 4.62. The van der Waals surface area contributed by atoms with Gasteiger partial charge in [-0.05, 0) is 78.8 Å². The maximum absolute atomic E-state index is 14.4. The number of piperidine rings is 1. The summed E-state index contributed by atoms with van der Waals surface area (Å²) in [6.07, 6.45) is 1.66. The van der Waals surface area contributed by atoms with Crippen molar-refractivity contribution in [2.75, 3.05) is 25.5 Å². The van der Waals surface area contributed by atoms with E-state index in [-0.39, 0.29) is 11.7 Å². The first kappa shape index (κ1) is 18.2. The third-order valence-electron chi connectivity index (χ3n) is 5.09. The number of carbonyl (C=O) groups excluding carboxylic acids is 1. The molecule has 1 aliphatic rings. The molecule has 1 fully saturated rings. The van der Waals surface area contributed by atoms with Gasteiger partial charge in [0.05, 0.1) is 0 Å². The van der Waals surface area contributed by atoms with Crippen LogP contribution in [0.15, 0.2) is 42.0 Å². The van der Waals surface area contributed by atoms with E-state index in [0.29, 0.717) is 6.54 Å². The predicted molar refractivity (Wildman–Crippen MR) is 106 cm³/mol. The number of rotatable bonds is 3. The molecule has 0 bridgehead atoms. The third kappa shape index (κ3) is 3.50. The van der Waals surface area contributed by atoms with Crippen molar-refractivity contribution < 1.29 is 9.18 Å². The molecule has 2 aromatic rings. The van der Waals surface area contributed by atoms with E-state index in [4.69, 9.17) is 0 Å². The first-order valence-corrected chi connectivity index (χ1v) is 8.94. The highest BCUT2D eigenvalue weighted by Crippen LogP contribution is 2.33. The van der Waals surface area contributed by atoms with Crippen LogP contribution >= 0.6 is 0 Å². The van der Waals surface area contributed by atoms with Gasteiger partial charge in [-0.15, -0.1) is 0 Å². The molecule has 0 aromatic heterocycles. The van der Waals surface area contributed by atoms with Gasteiger partial charge in [-0.3, -0.25) is 4.79 Å². The lowest BCUT2D eigenvalue weighted by Gasteiger charge is -2.20. The fourth-order valence-corrected chi connectivity index (χ4v) is 3.52. The van der Waals surface area contributed by atoms with E-state index in [2.05, 4.69) is 5.32 Å². The molecule has 136 valence electrons. The number of nitrogens with zero attached hydrogens (tertiary/aromatic N) is 1. The topological polar surface area (TPSA) is 32.3 Å². The number of anilines is 1. The second-order valence-electron chi connectivity index (χ2n) is 7.03. The van der Waals surface area contributed by atoms with Crippen molar-refractivity contribution in [3.05, 3.63) is 58.9 Å². The van der Waals surface area contributed by atoms with Gasteiger partial charge in [0, 0.05) is 31.9 Å². The zero-order valence-corrected chi connectivity index (χ0v) is 15.8. The van der Waals surface area contributed by atoms with Gasteiger partial charge in [0.2, 0.25) is 5.91 Å². The van der Waals surface area contributed by atoms with Crippen LogP contribution in [0.2, 0.25) is 0 Å². The highest BCUT2D eigenvalue weighted by Gasteiger charge is 2.20. The third-order valence-corrected chi connectivity index (χ3v) is 5.09. The number of carbonyl (C=O) groups is 1. The minimum atomic E-state index is -0.284. The lowest BCUT2D eigenvalue weighted by atomic mass is 9.89. The average molecular weight is 352 g/mol. The first-order chi connectivity index (χ1) is 12.4. The Morgan fingerprint density at radius 1 is 1.15 bits per heavy atom. The normalized spacial score (nSPS) is 16.3. The summed E-state index contributed by atoms with van der Waals surface area (Å²) < 4.78 is 14.4. The SMILES string of the molecule is C/C(=C1/CCCNC1=O)c1cc(F)cc(-c2ccc(N(C)C)cc2)c1C. The molecule has 3 rings (SSSR count). The average Bonchev–Trinajstić information content (AvgIpc) is 2.63. The van der Waals surface area contributed by atoms with Gasteiger partial charge in [-0.1, -0.05) is 12.1 Å². The highest BCUT2D eigenvalue weighted by molar-refractivity contribution is 6.02. The van der Waals surface area contributed by atoms with E-state index < -0.39 is 0 Å². The molecule has 4 heteroatoms. The smallest absolute Gasteiger partial charge is 0.247 e. The molecular formula is C22H25FN2O. The molecule has 2 aromatic carbocycles. The summed E-state index contributed by atoms with van der Waals surface area (Å²) in [5, 5.41) is 2.88. The van der Waals surface area contributed by atoms with E-state index in [0.717, 1.165) is 51.9 Å². The van der Waals surface area contributed by atoms with Crippen LogP contribution in [0.3, 0.4) is 0 Å². The molecule has 3 nitrogen and oxygen atoms in total. The van der Waals surface area contributed by atoms with Crippen molar-refractivity contribution in [2.24, 2.45) is 0 Å². The summed E-state index contributed by atoms with van der Waals surface area (Å²) >= 11 is 0. The molecule has 1 saturated heterocycles. The molecule has 1 amide bonds. The Morgan fingerprint density at radius 2 is 1.85 bits per heavy atom. The second-order valence-corrected chi connectivity index (χ2v) is 7.03. The second kappa shape index (κ2) is 7.32. The fraction of sp³-hybridized carbons (Fsp3) is 0.318. The van der Waals surface area contributed by atoms with Crippen LogP contribution in [0, 0.1) is 12.7 Å². The molecule has 1 heterocycles. The van der Waals surface area contributed by atoms with Crippen molar-refractivity contribution in [2.45, 2.75) is 26.7 Å². The summed E-state index contributed by atoms with van der Waals surface area (Å²) in [5.74, 6) is -0.317. The van der Waals surface area contributed by atoms with E-state index in [1.807, 2.05) is 57.1 Å². The summed E-state index contributed by atoms with van der Waals surface area (Å²) in [4.78, 5) is 14.2. The van der Waals surface area contributed by atoms with E-state index >= 15 is 0 Å². The zero-order chi connectivity index (χ0) is 18.8.